The maximum atomic E-state index is 12.8. The number of carbonyl (C=O) groups excluding carboxylic acids is 2. The van der Waals surface area contributed by atoms with Crippen LogP contribution in [0.3, 0.4) is 0 Å². The summed E-state index contributed by atoms with van der Waals surface area (Å²) in [5, 5.41) is 12.5. The van der Waals surface area contributed by atoms with Crippen molar-refractivity contribution >= 4 is 17.4 Å². The zero-order chi connectivity index (χ0) is 18.5. The Morgan fingerprint density at radius 1 is 0.846 bits per heavy atom. The first-order valence-electron chi connectivity index (χ1n) is 8.34. The first-order chi connectivity index (χ1) is 12.6. The molecule has 3 aromatic carbocycles. The molecular weight excluding hydrogens is 326 g/mol. The number of amides is 1. The SMILES string of the molecule is CC(O)c1cccc(NC(=O)c2ccccc2C(=O)c2ccccc2)c1. The third kappa shape index (κ3) is 3.87. The highest BCUT2D eigenvalue weighted by molar-refractivity contribution is 6.17. The summed E-state index contributed by atoms with van der Waals surface area (Å²) in [5.41, 5.74) is 2.46. The molecule has 4 heteroatoms. The maximum absolute atomic E-state index is 12.8. The van der Waals surface area contributed by atoms with E-state index in [0.29, 0.717) is 27.9 Å². The van der Waals surface area contributed by atoms with Crippen molar-refractivity contribution in [2.75, 3.05) is 5.32 Å². The van der Waals surface area contributed by atoms with Crippen molar-refractivity contribution in [1.82, 2.24) is 0 Å². The molecule has 0 aromatic heterocycles. The van der Waals surface area contributed by atoms with Gasteiger partial charge in [-0.15, -0.1) is 0 Å². The number of benzene rings is 3. The fourth-order valence-corrected chi connectivity index (χ4v) is 2.70. The Labute approximate surface area is 152 Å². The molecule has 1 amide bonds. The van der Waals surface area contributed by atoms with Gasteiger partial charge in [0.05, 0.1) is 11.7 Å². The molecule has 1 unspecified atom stereocenters. The Hall–Kier alpha value is -3.24. The second kappa shape index (κ2) is 7.76. The molecule has 0 aliphatic heterocycles. The highest BCUT2D eigenvalue weighted by Crippen LogP contribution is 2.20. The predicted octanol–water partition coefficient (Wildman–Crippen LogP) is 4.22. The number of ketones is 1. The van der Waals surface area contributed by atoms with Crippen LogP contribution in [0.5, 0.6) is 0 Å². The molecular formula is C22H19NO3. The van der Waals surface area contributed by atoms with Crippen molar-refractivity contribution in [1.29, 1.82) is 0 Å². The lowest BCUT2D eigenvalue weighted by Crippen LogP contribution is -2.17. The van der Waals surface area contributed by atoms with Gasteiger partial charge in [0.15, 0.2) is 5.78 Å². The largest absolute Gasteiger partial charge is 0.389 e. The Bertz CT molecular complexity index is 933. The van der Waals surface area contributed by atoms with Gasteiger partial charge in [0.1, 0.15) is 0 Å². The van der Waals surface area contributed by atoms with Gasteiger partial charge in [0.2, 0.25) is 0 Å². The normalized spacial score (nSPS) is 11.6. The zero-order valence-corrected chi connectivity index (χ0v) is 14.3. The van der Waals surface area contributed by atoms with Crippen LogP contribution in [0.15, 0.2) is 78.9 Å². The molecule has 130 valence electrons. The van der Waals surface area contributed by atoms with Gasteiger partial charge in [-0.05, 0) is 30.7 Å². The molecule has 3 rings (SSSR count). The quantitative estimate of drug-likeness (QED) is 0.680. The van der Waals surface area contributed by atoms with Gasteiger partial charge in [-0.1, -0.05) is 60.7 Å². The van der Waals surface area contributed by atoms with Gasteiger partial charge in [-0.25, -0.2) is 0 Å². The maximum Gasteiger partial charge on any atom is 0.256 e. The van der Waals surface area contributed by atoms with Gasteiger partial charge in [0, 0.05) is 16.8 Å². The van der Waals surface area contributed by atoms with E-state index in [1.807, 2.05) is 6.07 Å². The topological polar surface area (TPSA) is 66.4 Å². The van der Waals surface area contributed by atoms with Crippen LogP contribution >= 0.6 is 0 Å². The lowest BCUT2D eigenvalue weighted by Gasteiger charge is -2.11. The minimum absolute atomic E-state index is 0.200. The van der Waals surface area contributed by atoms with Gasteiger partial charge in [-0.2, -0.15) is 0 Å². The molecule has 2 N–H and O–H groups in total. The minimum atomic E-state index is -0.626. The molecule has 0 aliphatic rings. The second-order valence-corrected chi connectivity index (χ2v) is 6.00. The lowest BCUT2D eigenvalue weighted by molar-refractivity contribution is 0.0996. The highest BCUT2D eigenvalue weighted by atomic mass is 16.3. The third-order valence-corrected chi connectivity index (χ3v) is 4.08. The van der Waals surface area contributed by atoms with E-state index < -0.39 is 6.10 Å². The summed E-state index contributed by atoms with van der Waals surface area (Å²) in [5.74, 6) is -0.568. The van der Waals surface area contributed by atoms with E-state index in [1.165, 1.54) is 0 Å². The molecule has 4 nitrogen and oxygen atoms in total. The summed E-state index contributed by atoms with van der Waals surface area (Å²) in [4.78, 5) is 25.5. The van der Waals surface area contributed by atoms with E-state index in [0.717, 1.165) is 0 Å². The van der Waals surface area contributed by atoms with E-state index in [2.05, 4.69) is 5.32 Å². The molecule has 0 bridgehead atoms. The molecule has 26 heavy (non-hydrogen) atoms. The first-order valence-corrected chi connectivity index (χ1v) is 8.34. The number of hydrogen-bond acceptors (Lipinski definition) is 3. The van der Waals surface area contributed by atoms with Gasteiger partial charge in [0.25, 0.3) is 5.91 Å². The van der Waals surface area contributed by atoms with Crippen molar-refractivity contribution in [3.05, 3.63) is 101 Å². The predicted molar refractivity (Wildman–Crippen MR) is 101 cm³/mol. The molecule has 0 fully saturated rings. The smallest absolute Gasteiger partial charge is 0.256 e. The standard InChI is InChI=1S/C22H19NO3/c1-15(24)17-10-7-11-18(14-17)23-22(26)20-13-6-5-12-19(20)21(25)16-8-3-2-4-9-16/h2-15,24H,1H3,(H,23,26). The number of rotatable bonds is 5. The molecule has 0 saturated heterocycles. The number of hydrogen-bond donors (Lipinski definition) is 2. The Kier molecular flexibility index (Phi) is 5.25. The van der Waals surface area contributed by atoms with E-state index in [1.54, 1.807) is 79.7 Å². The summed E-state index contributed by atoms with van der Waals surface area (Å²) in [6.45, 7) is 1.66. The summed E-state index contributed by atoms with van der Waals surface area (Å²) in [6, 6.07) is 22.6. The monoisotopic (exact) mass is 345 g/mol. The van der Waals surface area contributed by atoms with Gasteiger partial charge in [-0.3, -0.25) is 9.59 Å². The number of aliphatic hydroxyl groups is 1. The van der Waals surface area contributed by atoms with E-state index >= 15 is 0 Å². The Morgan fingerprint density at radius 2 is 1.50 bits per heavy atom. The van der Waals surface area contributed by atoms with Crippen LogP contribution in [-0.4, -0.2) is 16.8 Å². The van der Waals surface area contributed by atoms with Crippen LogP contribution in [0.25, 0.3) is 0 Å². The van der Waals surface area contributed by atoms with Crippen molar-refractivity contribution in [3.8, 4) is 0 Å². The molecule has 0 heterocycles. The molecule has 0 saturated carbocycles. The Balaban J connectivity index is 1.89. The van der Waals surface area contributed by atoms with Gasteiger partial charge < -0.3 is 10.4 Å². The number of nitrogens with one attached hydrogen (secondary N) is 1. The van der Waals surface area contributed by atoms with E-state index in [9.17, 15) is 14.7 Å². The number of aliphatic hydroxyl groups excluding tert-OH is 1. The van der Waals surface area contributed by atoms with Crippen LogP contribution in [0.1, 0.15) is 44.9 Å². The Morgan fingerprint density at radius 3 is 2.19 bits per heavy atom. The number of carbonyl (C=O) groups is 2. The van der Waals surface area contributed by atoms with E-state index in [-0.39, 0.29) is 11.7 Å². The lowest BCUT2D eigenvalue weighted by atomic mass is 9.98. The van der Waals surface area contributed by atoms with Crippen molar-refractivity contribution in [3.63, 3.8) is 0 Å². The van der Waals surface area contributed by atoms with Crippen molar-refractivity contribution in [2.24, 2.45) is 0 Å². The average Bonchev–Trinajstić information content (AvgIpc) is 2.68. The van der Waals surface area contributed by atoms with Crippen molar-refractivity contribution in [2.45, 2.75) is 13.0 Å². The molecule has 0 aliphatic carbocycles. The van der Waals surface area contributed by atoms with E-state index in [4.69, 9.17) is 0 Å². The van der Waals surface area contributed by atoms with Gasteiger partial charge >= 0.3 is 0 Å². The first kappa shape index (κ1) is 17.6. The summed E-state index contributed by atoms with van der Waals surface area (Å²) in [7, 11) is 0. The fraction of sp³-hybridized carbons (Fsp3) is 0.0909. The van der Waals surface area contributed by atoms with Crippen LogP contribution in [-0.2, 0) is 0 Å². The molecule has 3 aromatic rings. The van der Waals surface area contributed by atoms with Crippen LogP contribution in [0, 0.1) is 0 Å². The molecule has 0 spiro atoms. The van der Waals surface area contributed by atoms with Crippen LogP contribution in [0.4, 0.5) is 5.69 Å². The summed E-state index contributed by atoms with van der Waals surface area (Å²) in [6.07, 6.45) is -0.626. The zero-order valence-electron chi connectivity index (χ0n) is 14.3. The van der Waals surface area contributed by atoms with Crippen LogP contribution < -0.4 is 5.32 Å². The number of anilines is 1. The summed E-state index contributed by atoms with van der Waals surface area (Å²) < 4.78 is 0. The molecule has 1 atom stereocenters. The van der Waals surface area contributed by atoms with Crippen LogP contribution in [0.2, 0.25) is 0 Å². The second-order valence-electron chi connectivity index (χ2n) is 6.00. The highest BCUT2D eigenvalue weighted by Gasteiger charge is 2.18. The summed E-state index contributed by atoms with van der Waals surface area (Å²) >= 11 is 0. The van der Waals surface area contributed by atoms with Crippen molar-refractivity contribution < 1.29 is 14.7 Å². The minimum Gasteiger partial charge on any atom is -0.389 e. The third-order valence-electron chi connectivity index (χ3n) is 4.08. The molecule has 0 radical (unpaired) electrons. The fourth-order valence-electron chi connectivity index (χ4n) is 2.70. The average molecular weight is 345 g/mol.